The molecule has 0 fully saturated rings. The molecule has 1 atom stereocenters. The van der Waals surface area contributed by atoms with E-state index in [9.17, 15) is 13.2 Å². The number of amides is 1. The van der Waals surface area contributed by atoms with Crippen molar-refractivity contribution < 1.29 is 13.2 Å². The van der Waals surface area contributed by atoms with Crippen molar-refractivity contribution in [2.75, 3.05) is 10.6 Å². The van der Waals surface area contributed by atoms with Gasteiger partial charge in [0, 0.05) is 5.54 Å². The van der Waals surface area contributed by atoms with Gasteiger partial charge in [0.15, 0.2) is 0 Å². The quantitative estimate of drug-likeness (QED) is 0.626. The summed E-state index contributed by atoms with van der Waals surface area (Å²) in [5.41, 5.74) is 0.812. The molecule has 2 rings (SSSR count). The van der Waals surface area contributed by atoms with E-state index in [1.165, 1.54) is 12.1 Å². The van der Waals surface area contributed by atoms with Crippen LogP contribution in [0.15, 0.2) is 48.5 Å². The number of rotatable bonds is 8. The second-order valence-electron chi connectivity index (χ2n) is 7.62. The van der Waals surface area contributed by atoms with Crippen LogP contribution in [0, 0.1) is 0 Å². The molecule has 0 aliphatic carbocycles. The lowest BCUT2D eigenvalue weighted by atomic mass is 9.94. The zero-order chi connectivity index (χ0) is 21.8. The van der Waals surface area contributed by atoms with Crippen molar-refractivity contribution in [3.8, 4) is 0 Å². The molecular weight excluding hydrogens is 431 g/mol. The van der Waals surface area contributed by atoms with Gasteiger partial charge in [0.2, 0.25) is 15.9 Å². The highest BCUT2D eigenvalue weighted by atomic mass is 35.5. The van der Waals surface area contributed by atoms with Crippen molar-refractivity contribution in [2.24, 2.45) is 0 Å². The van der Waals surface area contributed by atoms with Crippen molar-refractivity contribution in [3.63, 3.8) is 0 Å². The Balaban J connectivity index is 2.31. The Kier molecular flexibility index (Phi) is 7.60. The SMILES string of the molecule is CCC(C(=O)NC(C)(C)Cc1ccccc1)N(c1ccc(Cl)c(Cl)c1)S(C)(=O)=O. The largest absolute Gasteiger partial charge is 0.349 e. The average molecular weight is 457 g/mol. The van der Waals surface area contributed by atoms with Crippen LogP contribution in [0.4, 0.5) is 5.69 Å². The number of nitrogens with zero attached hydrogens (tertiary/aromatic N) is 1. The molecule has 0 aliphatic heterocycles. The molecule has 0 aromatic heterocycles. The van der Waals surface area contributed by atoms with Gasteiger partial charge < -0.3 is 5.32 Å². The maximum atomic E-state index is 13.1. The summed E-state index contributed by atoms with van der Waals surface area (Å²) in [5.74, 6) is -0.370. The number of carbonyl (C=O) groups excluding carboxylic acids is 1. The minimum atomic E-state index is -3.75. The zero-order valence-electron chi connectivity index (χ0n) is 16.9. The van der Waals surface area contributed by atoms with E-state index in [-0.39, 0.29) is 10.9 Å². The summed E-state index contributed by atoms with van der Waals surface area (Å²) in [6.07, 6.45) is 1.97. The first kappa shape index (κ1) is 23.5. The minimum absolute atomic E-state index is 0.220. The van der Waals surface area contributed by atoms with Crippen molar-refractivity contribution in [1.82, 2.24) is 5.32 Å². The maximum Gasteiger partial charge on any atom is 0.244 e. The second kappa shape index (κ2) is 9.37. The van der Waals surface area contributed by atoms with E-state index in [4.69, 9.17) is 23.2 Å². The molecule has 1 N–H and O–H groups in total. The van der Waals surface area contributed by atoms with Crippen LogP contribution in [0.5, 0.6) is 0 Å². The Morgan fingerprint density at radius 1 is 1.10 bits per heavy atom. The topological polar surface area (TPSA) is 66.5 Å². The standard InChI is InChI=1S/C21H26Cl2N2O3S/c1-5-19(20(26)24-21(2,3)14-15-9-7-6-8-10-15)25(29(4,27)28)16-11-12-17(22)18(23)13-16/h6-13,19H,5,14H2,1-4H3,(H,24,26). The molecular formula is C21H26Cl2N2O3S. The molecule has 29 heavy (non-hydrogen) atoms. The Bertz CT molecular complexity index is 963. The van der Waals surface area contributed by atoms with Crippen LogP contribution in [0.3, 0.4) is 0 Å². The van der Waals surface area contributed by atoms with Gasteiger partial charge in [-0.2, -0.15) is 0 Å². The number of carbonyl (C=O) groups is 1. The number of sulfonamides is 1. The highest BCUT2D eigenvalue weighted by Crippen LogP contribution is 2.30. The fourth-order valence-corrected chi connectivity index (χ4v) is 4.75. The van der Waals surface area contributed by atoms with E-state index >= 15 is 0 Å². The molecule has 0 saturated carbocycles. The van der Waals surface area contributed by atoms with Crippen LogP contribution in [0.2, 0.25) is 10.0 Å². The second-order valence-corrected chi connectivity index (χ2v) is 10.3. The smallest absolute Gasteiger partial charge is 0.244 e. The maximum absolute atomic E-state index is 13.1. The highest BCUT2D eigenvalue weighted by molar-refractivity contribution is 7.92. The van der Waals surface area contributed by atoms with E-state index in [1.54, 1.807) is 13.0 Å². The van der Waals surface area contributed by atoms with Crippen LogP contribution >= 0.6 is 23.2 Å². The van der Waals surface area contributed by atoms with Gasteiger partial charge in [-0.05, 0) is 50.5 Å². The molecule has 5 nitrogen and oxygen atoms in total. The molecule has 158 valence electrons. The third-order valence-corrected chi connectivity index (χ3v) is 6.36. The first-order valence-electron chi connectivity index (χ1n) is 9.25. The van der Waals surface area contributed by atoms with Crippen LogP contribution in [-0.4, -0.2) is 32.2 Å². The van der Waals surface area contributed by atoms with Crippen molar-refractivity contribution in [1.29, 1.82) is 0 Å². The average Bonchev–Trinajstić information content (AvgIpc) is 2.61. The van der Waals surface area contributed by atoms with Crippen molar-refractivity contribution in [2.45, 2.75) is 45.2 Å². The summed E-state index contributed by atoms with van der Waals surface area (Å²) in [6, 6.07) is 13.4. The number of nitrogens with one attached hydrogen (secondary N) is 1. The monoisotopic (exact) mass is 456 g/mol. The van der Waals surface area contributed by atoms with Gasteiger partial charge in [0.25, 0.3) is 0 Å². The molecule has 0 spiro atoms. The number of hydrogen-bond acceptors (Lipinski definition) is 3. The van der Waals surface area contributed by atoms with E-state index in [0.717, 1.165) is 16.1 Å². The summed E-state index contributed by atoms with van der Waals surface area (Å²) >= 11 is 12.0. The van der Waals surface area contributed by atoms with Crippen LogP contribution in [0.1, 0.15) is 32.8 Å². The third kappa shape index (κ3) is 6.36. The lowest BCUT2D eigenvalue weighted by molar-refractivity contribution is -0.123. The molecule has 2 aromatic carbocycles. The molecule has 1 amide bonds. The number of halogens is 2. The summed E-state index contributed by atoms with van der Waals surface area (Å²) in [6.45, 7) is 5.59. The fraction of sp³-hybridized carbons (Fsp3) is 0.381. The molecule has 8 heteroatoms. The summed E-state index contributed by atoms with van der Waals surface area (Å²) in [4.78, 5) is 13.1. The van der Waals surface area contributed by atoms with Crippen LogP contribution in [-0.2, 0) is 21.2 Å². The van der Waals surface area contributed by atoms with Gasteiger partial charge in [-0.15, -0.1) is 0 Å². The Hall–Kier alpha value is -1.76. The van der Waals surface area contributed by atoms with E-state index in [1.807, 2.05) is 44.2 Å². The fourth-order valence-electron chi connectivity index (χ4n) is 3.25. The molecule has 0 saturated heterocycles. The molecule has 2 aromatic rings. The van der Waals surface area contributed by atoms with Crippen LogP contribution < -0.4 is 9.62 Å². The molecule has 0 radical (unpaired) electrons. The van der Waals surface area contributed by atoms with E-state index < -0.39 is 21.6 Å². The predicted molar refractivity (Wildman–Crippen MR) is 120 cm³/mol. The normalized spacial score (nSPS) is 13.0. The van der Waals surface area contributed by atoms with E-state index in [0.29, 0.717) is 23.6 Å². The Morgan fingerprint density at radius 2 is 1.72 bits per heavy atom. The van der Waals surface area contributed by atoms with Crippen LogP contribution in [0.25, 0.3) is 0 Å². The lowest BCUT2D eigenvalue weighted by Crippen LogP contribution is -2.55. The number of benzene rings is 2. The summed E-state index contributed by atoms with van der Waals surface area (Å²) in [7, 11) is -3.75. The molecule has 0 bridgehead atoms. The summed E-state index contributed by atoms with van der Waals surface area (Å²) < 4.78 is 26.2. The van der Waals surface area contributed by atoms with E-state index in [2.05, 4.69) is 5.32 Å². The van der Waals surface area contributed by atoms with Gasteiger partial charge in [-0.3, -0.25) is 9.10 Å². The molecule has 0 aliphatic rings. The Labute approximate surface area is 183 Å². The Morgan fingerprint density at radius 3 is 2.24 bits per heavy atom. The first-order valence-corrected chi connectivity index (χ1v) is 11.9. The van der Waals surface area contributed by atoms with Gasteiger partial charge in [0.1, 0.15) is 6.04 Å². The number of anilines is 1. The lowest BCUT2D eigenvalue weighted by Gasteiger charge is -2.34. The zero-order valence-corrected chi connectivity index (χ0v) is 19.3. The van der Waals surface area contributed by atoms with Crippen molar-refractivity contribution in [3.05, 3.63) is 64.1 Å². The van der Waals surface area contributed by atoms with Gasteiger partial charge in [-0.1, -0.05) is 60.5 Å². The number of hydrogen-bond donors (Lipinski definition) is 1. The predicted octanol–water partition coefficient (Wildman–Crippen LogP) is 4.68. The first-order chi connectivity index (χ1) is 13.4. The van der Waals surface area contributed by atoms with Crippen molar-refractivity contribution >= 4 is 44.8 Å². The highest BCUT2D eigenvalue weighted by Gasteiger charge is 2.34. The third-order valence-electron chi connectivity index (χ3n) is 4.44. The minimum Gasteiger partial charge on any atom is -0.349 e. The summed E-state index contributed by atoms with van der Waals surface area (Å²) in [5, 5.41) is 3.53. The van der Waals surface area contributed by atoms with Gasteiger partial charge in [-0.25, -0.2) is 8.42 Å². The van der Waals surface area contributed by atoms with Gasteiger partial charge in [0.05, 0.1) is 22.0 Å². The molecule has 1 unspecified atom stereocenters. The molecule has 0 heterocycles. The van der Waals surface area contributed by atoms with Gasteiger partial charge >= 0.3 is 0 Å².